The number of aromatic nitrogens is 2. The van der Waals surface area contributed by atoms with E-state index in [0.29, 0.717) is 5.84 Å². The van der Waals surface area contributed by atoms with Gasteiger partial charge in [0, 0.05) is 39.3 Å². The Morgan fingerprint density at radius 1 is 1.13 bits per heavy atom. The summed E-state index contributed by atoms with van der Waals surface area (Å²) in [7, 11) is 0. The Hall–Kier alpha value is -0.988. The molecule has 2 rings (SSSR count). The number of nitrogens with zero attached hydrogens (tertiary/aromatic N) is 2. The summed E-state index contributed by atoms with van der Waals surface area (Å²) >= 11 is 0. The van der Waals surface area contributed by atoms with Crippen LogP contribution < -0.4 is 12.4 Å². The molecular weight excluding hydrogens is 496 g/mol. The van der Waals surface area contributed by atoms with Crippen molar-refractivity contribution in [2.45, 2.75) is 33.6 Å². The van der Waals surface area contributed by atoms with Crippen LogP contribution in [0.15, 0.2) is 6.07 Å². The van der Waals surface area contributed by atoms with Crippen molar-refractivity contribution in [1.29, 1.82) is 5.41 Å². The molecule has 0 aliphatic carbocycles. The number of nitrogens with one attached hydrogen (secondary N) is 1. The topological polar surface area (TPSA) is 111 Å². The van der Waals surface area contributed by atoms with Gasteiger partial charge in [-0.25, -0.2) is 4.68 Å². The molecule has 0 unspecified atom stereocenters. The van der Waals surface area contributed by atoms with Gasteiger partial charge in [-0.3, -0.25) is 5.41 Å². The monoisotopic (exact) mass is 515 g/mol. The molecule has 1 fully saturated rings. The van der Waals surface area contributed by atoms with Crippen molar-refractivity contribution in [2.75, 3.05) is 13.2 Å². The van der Waals surface area contributed by atoms with E-state index in [2.05, 4.69) is 25.0 Å². The second kappa shape index (κ2) is 25.9. The normalized spacial score (nSPS) is 9.78. The van der Waals surface area contributed by atoms with Gasteiger partial charge >= 0.3 is 33.9 Å². The van der Waals surface area contributed by atoms with E-state index < -0.39 is 0 Å². The molecule has 0 saturated carbocycles. The minimum Gasteiger partial charge on any atom is -1.00 e. The smallest absolute Gasteiger partial charge is 0 e. The molecule has 129 valence electrons. The van der Waals surface area contributed by atoms with Gasteiger partial charge in [0.1, 0.15) is 5.84 Å². The van der Waals surface area contributed by atoms with Crippen LogP contribution in [0.5, 0.6) is 0 Å². The number of hydrogen-bond acceptors (Lipinski definition) is 3. The first-order valence-electron chi connectivity index (χ1n) is 5.89. The van der Waals surface area contributed by atoms with Crippen LogP contribution in [0.25, 0.3) is 0 Å². The molecule has 1 aliphatic heterocycles. The summed E-state index contributed by atoms with van der Waals surface area (Å²) in [4.78, 5) is 0. The molecule has 1 saturated heterocycles. The molecule has 1 aliphatic rings. The predicted octanol–water partition coefficient (Wildman–Crippen LogP) is -0.969. The van der Waals surface area contributed by atoms with Gasteiger partial charge in [-0.15, -0.1) is 0 Å². The number of ether oxygens (including phenoxy) is 1. The fraction of sp³-hybridized carbons (Fsp3) is 0.500. The van der Waals surface area contributed by atoms with E-state index in [1.807, 2.05) is 19.9 Å². The average molecular weight is 515 g/mol. The van der Waals surface area contributed by atoms with Crippen molar-refractivity contribution < 1.29 is 51.5 Å². The molecule has 9 heteroatoms. The zero-order chi connectivity index (χ0) is 17.3. The van der Waals surface area contributed by atoms with Gasteiger partial charge in [0.2, 0.25) is 0 Å². The van der Waals surface area contributed by atoms with Crippen molar-refractivity contribution in [1.82, 2.24) is 9.78 Å². The fourth-order valence-electron chi connectivity index (χ4n) is 1.48. The van der Waals surface area contributed by atoms with Crippen molar-refractivity contribution in [2.24, 2.45) is 0 Å². The molecule has 1 radical (unpaired) electrons. The van der Waals surface area contributed by atoms with E-state index in [1.165, 1.54) is 12.8 Å². The number of hydrogen-bond donors (Lipinski definition) is 1. The third kappa shape index (κ3) is 19.0. The molecular formula is C14H19ClN3O4Re-. The van der Waals surface area contributed by atoms with Gasteiger partial charge < -0.3 is 17.1 Å². The standard InChI is InChI=1S/C7H11N3.C4H8O.3CO.ClH.Re/c1-5-4-6(2)10(9-5)7(3)8;1-2-4-5-3-1;3*1-2;;/h4,8H,1-3H3;1-4H2;;;;1H;/p-1. The zero-order valence-electron chi connectivity index (χ0n) is 13.2. The minimum absolute atomic E-state index is 0. The Morgan fingerprint density at radius 3 is 1.65 bits per heavy atom. The van der Waals surface area contributed by atoms with Gasteiger partial charge in [0.25, 0.3) is 0 Å². The first kappa shape index (κ1) is 33.6. The Bertz CT molecular complexity index is 433. The fourth-order valence-corrected chi connectivity index (χ4v) is 1.48. The molecule has 0 amide bonds. The van der Waals surface area contributed by atoms with Gasteiger partial charge in [-0.1, -0.05) is 0 Å². The molecule has 0 bridgehead atoms. The molecule has 2 heterocycles. The zero-order valence-corrected chi connectivity index (χ0v) is 16.7. The Labute approximate surface area is 156 Å². The second-order valence-electron chi connectivity index (χ2n) is 3.74. The molecule has 1 aromatic rings. The van der Waals surface area contributed by atoms with Crippen LogP contribution in [0.1, 0.15) is 31.2 Å². The van der Waals surface area contributed by atoms with Crippen molar-refractivity contribution in [3.63, 3.8) is 0 Å². The van der Waals surface area contributed by atoms with Gasteiger partial charge in [0.15, 0.2) is 0 Å². The van der Waals surface area contributed by atoms with Crippen LogP contribution in [0.3, 0.4) is 0 Å². The summed E-state index contributed by atoms with van der Waals surface area (Å²) in [5, 5.41) is 11.4. The number of rotatable bonds is 0. The number of aryl methyl sites for hydroxylation is 2. The molecule has 7 nitrogen and oxygen atoms in total. The van der Waals surface area contributed by atoms with Gasteiger partial charge in [-0.05, 0) is 39.7 Å². The van der Waals surface area contributed by atoms with E-state index in [0.717, 1.165) is 24.6 Å². The minimum atomic E-state index is 0. The first-order chi connectivity index (χ1) is 10.1. The summed E-state index contributed by atoms with van der Waals surface area (Å²) in [6, 6.07) is 1.96. The molecule has 1 N–H and O–H groups in total. The molecule has 0 spiro atoms. The molecule has 23 heavy (non-hydrogen) atoms. The molecule has 0 atom stereocenters. The summed E-state index contributed by atoms with van der Waals surface area (Å²) in [5.41, 5.74) is 1.98. The molecule has 1 aromatic heterocycles. The maximum atomic E-state index is 7.50. The second-order valence-corrected chi connectivity index (χ2v) is 3.74. The van der Waals surface area contributed by atoms with E-state index in [-0.39, 0.29) is 32.8 Å². The van der Waals surface area contributed by atoms with Gasteiger partial charge in [-0.2, -0.15) is 5.10 Å². The van der Waals surface area contributed by atoms with E-state index in [4.69, 9.17) is 24.1 Å². The largest absolute Gasteiger partial charge is 1.00 e. The van der Waals surface area contributed by atoms with Crippen LogP contribution in [0, 0.1) is 39.2 Å². The van der Waals surface area contributed by atoms with Crippen LogP contribution in [-0.2, 0) is 39.1 Å². The summed E-state index contributed by atoms with van der Waals surface area (Å²) in [6.45, 7) is 21.1. The summed E-state index contributed by atoms with van der Waals surface area (Å²) in [5.74, 6) is 0.464. The van der Waals surface area contributed by atoms with Crippen LogP contribution >= 0.6 is 0 Å². The first-order valence-corrected chi connectivity index (χ1v) is 5.89. The third-order valence-electron chi connectivity index (χ3n) is 2.15. The average Bonchev–Trinajstić information content (AvgIpc) is 3.18. The quantitative estimate of drug-likeness (QED) is 0.208. The van der Waals surface area contributed by atoms with Crippen molar-refractivity contribution >= 4 is 5.84 Å². The van der Waals surface area contributed by atoms with Crippen LogP contribution in [0.4, 0.5) is 0 Å². The van der Waals surface area contributed by atoms with Crippen LogP contribution in [-0.4, -0.2) is 28.8 Å². The van der Waals surface area contributed by atoms with Gasteiger partial charge in [0.05, 0.1) is 5.69 Å². The molecule has 0 aromatic carbocycles. The Kier molecular flexibility index (Phi) is 37.9. The predicted molar refractivity (Wildman–Crippen MR) is 72.3 cm³/mol. The maximum Gasteiger partial charge on any atom is 0 e. The summed E-state index contributed by atoms with van der Waals surface area (Å²) < 4.78 is 29.1. The number of halogens is 1. The Balaban J connectivity index is -0.0000000714. The van der Waals surface area contributed by atoms with Crippen LogP contribution in [0.2, 0.25) is 0 Å². The summed E-state index contributed by atoms with van der Waals surface area (Å²) in [6.07, 6.45) is 2.56. The van der Waals surface area contributed by atoms with E-state index in [9.17, 15) is 0 Å². The van der Waals surface area contributed by atoms with E-state index in [1.54, 1.807) is 11.6 Å². The van der Waals surface area contributed by atoms with Crippen molar-refractivity contribution in [3.8, 4) is 0 Å². The Morgan fingerprint density at radius 2 is 1.52 bits per heavy atom. The van der Waals surface area contributed by atoms with E-state index >= 15 is 0 Å². The van der Waals surface area contributed by atoms with Crippen molar-refractivity contribution in [3.05, 3.63) is 37.4 Å². The SMILES string of the molecule is C1CCOC1.CC(=N)n1nc(C)cc1C.[C-]#[O+].[C-]#[O+].[C-]#[O+].[Cl-].[Re]. The third-order valence-corrected chi connectivity index (χ3v) is 2.15. The maximum absolute atomic E-state index is 7.50.